The van der Waals surface area contributed by atoms with E-state index in [0.717, 1.165) is 11.6 Å². The zero-order valence-electron chi connectivity index (χ0n) is 7.23. The van der Waals surface area contributed by atoms with E-state index in [1.165, 1.54) is 6.07 Å². The number of nitrogens with zero attached hydrogens (tertiary/aromatic N) is 1. The summed E-state index contributed by atoms with van der Waals surface area (Å²) in [5, 5.41) is 0. The van der Waals surface area contributed by atoms with Crippen molar-refractivity contribution >= 4 is 15.9 Å². The van der Waals surface area contributed by atoms with Gasteiger partial charge in [-0.3, -0.25) is 4.90 Å². The molecule has 0 atom stereocenters. The lowest BCUT2D eigenvalue weighted by Crippen LogP contribution is -2.15. The maximum atomic E-state index is 12.7. The standard InChI is InChI=1S/C9H10BrF2N/c1-13(6-10)5-7-2-3-8(11)9(12)4-7/h2-4H,5-6H2,1H3. The van der Waals surface area contributed by atoms with E-state index < -0.39 is 11.6 Å². The molecule has 0 radical (unpaired) electrons. The van der Waals surface area contributed by atoms with Crippen LogP contribution in [0.2, 0.25) is 0 Å². The van der Waals surface area contributed by atoms with E-state index in [2.05, 4.69) is 15.9 Å². The number of hydrogen-bond donors (Lipinski definition) is 0. The van der Waals surface area contributed by atoms with Crippen molar-refractivity contribution in [1.29, 1.82) is 0 Å². The minimum Gasteiger partial charge on any atom is -0.292 e. The molecule has 1 aromatic rings. The second-order valence-electron chi connectivity index (χ2n) is 2.88. The van der Waals surface area contributed by atoms with E-state index in [0.29, 0.717) is 12.0 Å². The molecule has 0 aromatic heterocycles. The average Bonchev–Trinajstić information content (AvgIpc) is 2.11. The van der Waals surface area contributed by atoms with Crippen molar-refractivity contribution in [2.24, 2.45) is 0 Å². The van der Waals surface area contributed by atoms with Crippen LogP contribution in [0.1, 0.15) is 5.56 Å². The van der Waals surface area contributed by atoms with Crippen molar-refractivity contribution in [3.05, 3.63) is 35.4 Å². The summed E-state index contributed by atoms with van der Waals surface area (Å²) in [7, 11) is 1.88. The third kappa shape index (κ3) is 3.04. The van der Waals surface area contributed by atoms with E-state index >= 15 is 0 Å². The molecule has 1 rings (SSSR count). The Morgan fingerprint density at radius 1 is 1.31 bits per heavy atom. The van der Waals surface area contributed by atoms with E-state index in [9.17, 15) is 8.78 Å². The Balaban J connectivity index is 2.73. The Morgan fingerprint density at radius 3 is 2.54 bits per heavy atom. The molecule has 1 aromatic carbocycles. The highest BCUT2D eigenvalue weighted by Crippen LogP contribution is 2.10. The number of benzene rings is 1. The van der Waals surface area contributed by atoms with Crippen LogP contribution in [0, 0.1) is 11.6 Å². The van der Waals surface area contributed by atoms with Crippen LogP contribution >= 0.6 is 15.9 Å². The molecule has 72 valence electrons. The summed E-state index contributed by atoms with van der Waals surface area (Å²) in [4.78, 5) is 1.94. The summed E-state index contributed by atoms with van der Waals surface area (Å²) in [5.74, 6) is -1.59. The first-order chi connectivity index (χ1) is 6.13. The lowest BCUT2D eigenvalue weighted by atomic mass is 10.2. The highest BCUT2D eigenvalue weighted by molar-refractivity contribution is 9.09. The quantitative estimate of drug-likeness (QED) is 0.589. The van der Waals surface area contributed by atoms with Crippen LogP contribution in [0.3, 0.4) is 0 Å². The van der Waals surface area contributed by atoms with Gasteiger partial charge in [0, 0.05) is 6.54 Å². The molecular formula is C9H10BrF2N. The number of hydrogen-bond acceptors (Lipinski definition) is 1. The Kier molecular flexibility index (Phi) is 3.81. The van der Waals surface area contributed by atoms with Gasteiger partial charge in [-0.05, 0) is 24.7 Å². The van der Waals surface area contributed by atoms with Crippen molar-refractivity contribution in [3.8, 4) is 0 Å². The van der Waals surface area contributed by atoms with Crippen LogP contribution in [0.5, 0.6) is 0 Å². The van der Waals surface area contributed by atoms with E-state index in [1.54, 1.807) is 6.07 Å². The molecule has 0 saturated heterocycles. The molecular weight excluding hydrogens is 240 g/mol. The van der Waals surface area contributed by atoms with Gasteiger partial charge in [0.2, 0.25) is 0 Å². The molecule has 0 aliphatic heterocycles. The SMILES string of the molecule is CN(CBr)Cc1ccc(F)c(F)c1. The van der Waals surface area contributed by atoms with Gasteiger partial charge in [-0.25, -0.2) is 8.78 Å². The number of halogens is 3. The molecule has 0 bridgehead atoms. The Morgan fingerprint density at radius 2 is 2.00 bits per heavy atom. The molecule has 0 unspecified atom stereocenters. The van der Waals surface area contributed by atoms with Crippen LogP contribution in [-0.4, -0.2) is 17.4 Å². The highest BCUT2D eigenvalue weighted by atomic mass is 79.9. The Bertz CT molecular complexity index is 291. The third-order valence-corrected chi connectivity index (χ3v) is 2.50. The molecule has 0 spiro atoms. The lowest BCUT2D eigenvalue weighted by molar-refractivity contribution is 0.388. The van der Waals surface area contributed by atoms with Gasteiger partial charge < -0.3 is 0 Å². The smallest absolute Gasteiger partial charge is 0.159 e. The van der Waals surface area contributed by atoms with Gasteiger partial charge in [0.15, 0.2) is 11.6 Å². The normalized spacial score (nSPS) is 10.8. The van der Waals surface area contributed by atoms with Crippen LogP contribution in [-0.2, 0) is 6.54 Å². The largest absolute Gasteiger partial charge is 0.292 e. The van der Waals surface area contributed by atoms with Crippen molar-refractivity contribution < 1.29 is 8.78 Å². The van der Waals surface area contributed by atoms with Crippen LogP contribution in [0.15, 0.2) is 18.2 Å². The van der Waals surface area contributed by atoms with Crippen molar-refractivity contribution in [2.45, 2.75) is 6.54 Å². The second kappa shape index (κ2) is 4.67. The minimum atomic E-state index is -0.801. The van der Waals surface area contributed by atoms with Gasteiger partial charge in [0.25, 0.3) is 0 Å². The van der Waals surface area contributed by atoms with Gasteiger partial charge in [-0.1, -0.05) is 22.0 Å². The van der Waals surface area contributed by atoms with Crippen molar-refractivity contribution in [2.75, 3.05) is 12.5 Å². The van der Waals surface area contributed by atoms with E-state index in [4.69, 9.17) is 0 Å². The first-order valence-electron chi connectivity index (χ1n) is 3.82. The van der Waals surface area contributed by atoms with Crippen LogP contribution < -0.4 is 0 Å². The van der Waals surface area contributed by atoms with Gasteiger partial charge >= 0.3 is 0 Å². The highest BCUT2D eigenvalue weighted by Gasteiger charge is 2.03. The fourth-order valence-corrected chi connectivity index (χ4v) is 1.17. The molecule has 0 heterocycles. The molecule has 0 aliphatic rings. The number of alkyl halides is 1. The summed E-state index contributed by atoms with van der Waals surface area (Å²) in [6.45, 7) is 0.600. The summed E-state index contributed by atoms with van der Waals surface area (Å²) >= 11 is 3.26. The average molecular weight is 250 g/mol. The number of rotatable bonds is 3. The summed E-state index contributed by atoms with van der Waals surface area (Å²) in [6, 6.07) is 3.94. The molecule has 0 amide bonds. The third-order valence-electron chi connectivity index (χ3n) is 1.64. The first kappa shape index (κ1) is 10.6. The van der Waals surface area contributed by atoms with Crippen molar-refractivity contribution in [3.63, 3.8) is 0 Å². The topological polar surface area (TPSA) is 3.24 Å². The second-order valence-corrected chi connectivity index (χ2v) is 3.38. The summed E-state index contributed by atoms with van der Waals surface area (Å²) < 4.78 is 25.2. The monoisotopic (exact) mass is 249 g/mol. The summed E-state index contributed by atoms with van der Waals surface area (Å²) in [6.07, 6.45) is 0. The molecule has 0 saturated carbocycles. The maximum Gasteiger partial charge on any atom is 0.159 e. The molecule has 0 N–H and O–H groups in total. The molecule has 4 heteroatoms. The van der Waals surface area contributed by atoms with Gasteiger partial charge in [-0.2, -0.15) is 0 Å². The van der Waals surface area contributed by atoms with Gasteiger partial charge in [0.05, 0.1) is 5.45 Å². The zero-order valence-corrected chi connectivity index (χ0v) is 8.81. The van der Waals surface area contributed by atoms with Crippen LogP contribution in [0.25, 0.3) is 0 Å². The van der Waals surface area contributed by atoms with Gasteiger partial charge in [0.1, 0.15) is 0 Å². The first-order valence-corrected chi connectivity index (χ1v) is 4.94. The maximum absolute atomic E-state index is 12.7. The minimum absolute atomic E-state index is 0.600. The predicted molar refractivity (Wildman–Crippen MR) is 51.6 cm³/mol. The molecule has 13 heavy (non-hydrogen) atoms. The van der Waals surface area contributed by atoms with E-state index in [1.807, 2.05) is 11.9 Å². The summed E-state index contributed by atoms with van der Waals surface area (Å²) in [5.41, 5.74) is 1.47. The predicted octanol–water partition coefficient (Wildman–Crippen LogP) is 2.75. The van der Waals surface area contributed by atoms with Crippen molar-refractivity contribution in [1.82, 2.24) is 4.90 Å². The lowest BCUT2D eigenvalue weighted by Gasteiger charge is -2.12. The van der Waals surface area contributed by atoms with E-state index in [-0.39, 0.29) is 0 Å². The fourth-order valence-electron chi connectivity index (χ4n) is 0.992. The zero-order chi connectivity index (χ0) is 9.84. The van der Waals surface area contributed by atoms with Crippen LogP contribution in [0.4, 0.5) is 8.78 Å². The van der Waals surface area contributed by atoms with Gasteiger partial charge in [-0.15, -0.1) is 0 Å². The Hall–Kier alpha value is -0.480. The molecule has 0 fully saturated rings. The Labute approximate surface area is 84.5 Å². The molecule has 0 aliphatic carbocycles. The fraction of sp³-hybridized carbons (Fsp3) is 0.333. The molecule has 1 nitrogen and oxygen atoms in total.